The van der Waals surface area contributed by atoms with Gasteiger partial charge in [0.2, 0.25) is 15.9 Å². The normalized spacial score (nSPS) is 29.1. The monoisotopic (exact) mass is 395 g/mol. The number of carbonyl (C=O) groups excluding carboxylic acids is 1. The molecule has 3 saturated heterocycles. The van der Waals surface area contributed by atoms with Crippen molar-refractivity contribution >= 4 is 15.9 Å². The first kappa shape index (κ1) is 18.8. The molecule has 4 rings (SSSR count). The van der Waals surface area contributed by atoms with Crippen molar-refractivity contribution < 1.29 is 17.6 Å². The quantitative estimate of drug-likeness (QED) is 0.840. The molecule has 0 radical (unpaired) electrons. The van der Waals surface area contributed by atoms with E-state index < -0.39 is 15.8 Å². The largest absolute Gasteiger partial charge is 0.340 e. The van der Waals surface area contributed by atoms with Gasteiger partial charge in [0.15, 0.2) is 0 Å². The summed E-state index contributed by atoms with van der Waals surface area (Å²) in [6.45, 7) is 1.39. The lowest BCUT2D eigenvalue weighted by atomic mass is 9.89. The summed E-state index contributed by atoms with van der Waals surface area (Å²) in [4.78, 5) is 14.5. The molecule has 148 valence electrons. The number of hydrogen-bond acceptors (Lipinski definition) is 4. The Bertz CT molecular complexity index is 779. The van der Waals surface area contributed by atoms with Crippen LogP contribution >= 0.6 is 0 Å². The van der Waals surface area contributed by atoms with Gasteiger partial charge in [0.05, 0.1) is 4.90 Å². The summed E-state index contributed by atoms with van der Waals surface area (Å²) in [6.07, 6.45) is 5.15. The lowest BCUT2D eigenvalue weighted by Crippen LogP contribution is -2.51. The minimum Gasteiger partial charge on any atom is -0.340 e. The number of benzene rings is 1. The zero-order valence-corrected chi connectivity index (χ0v) is 16.1. The highest BCUT2D eigenvalue weighted by Gasteiger charge is 2.36. The topological polar surface area (TPSA) is 69.7 Å². The third-order valence-electron chi connectivity index (χ3n) is 6.08. The maximum Gasteiger partial charge on any atom is 0.243 e. The van der Waals surface area contributed by atoms with Crippen LogP contribution in [0.15, 0.2) is 29.2 Å². The van der Waals surface area contributed by atoms with Gasteiger partial charge in [-0.2, -0.15) is 4.31 Å². The van der Waals surface area contributed by atoms with Crippen molar-refractivity contribution in [1.82, 2.24) is 14.5 Å². The molecule has 1 N–H and O–H groups in total. The molecule has 0 saturated carbocycles. The molecule has 0 spiro atoms. The van der Waals surface area contributed by atoms with Crippen LogP contribution in [0.5, 0.6) is 0 Å². The van der Waals surface area contributed by atoms with Crippen LogP contribution in [0, 0.1) is 11.7 Å². The molecule has 3 fully saturated rings. The van der Waals surface area contributed by atoms with Crippen LogP contribution < -0.4 is 5.32 Å². The molecule has 1 aromatic rings. The molecule has 0 aromatic heterocycles. The van der Waals surface area contributed by atoms with E-state index >= 15 is 0 Å². The van der Waals surface area contributed by atoms with E-state index in [0.717, 1.165) is 25.0 Å². The van der Waals surface area contributed by atoms with E-state index in [-0.39, 0.29) is 23.9 Å². The summed E-state index contributed by atoms with van der Waals surface area (Å²) in [5.74, 6) is 0.119. The predicted octanol–water partition coefficient (Wildman–Crippen LogP) is 1.58. The first-order chi connectivity index (χ1) is 12.9. The fraction of sp³-hybridized carbons (Fsp3) is 0.632. The molecule has 2 unspecified atom stereocenters. The number of rotatable bonds is 4. The zero-order chi connectivity index (χ0) is 19.0. The van der Waals surface area contributed by atoms with Gasteiger partial charge in [-0.25, -0.2) is 12.8 Å². The molecule has 2 atom stereocenters. The summed E-state index contributed by atoms with van der Waals surface area (Å²) in [5.41, 5.74) is 0. The van der Waals surface area contributed by atoms with Crippen molar-refractivity contribution in [2.75, 3.05) is 26.2 Å². The zero-order valence-electron chi connectivity index (χ0n) is 15.3. The molecule has 2 bridgehead atoms. The second kappa shape index (κ2) is 7.48. The van der Waals surface area contributed by atoms with Gasteiger partial charge < -0.3 is 10.2 Å². The van der Waals surface area contributed by atoms with Gasteiger partial charge in [0.1, 0.15) is 5.82 Å². The summed E-state index contributed by atoms with van der Waals surface area (Å²) < 4.78 is 39.8. The minimum atomic E-state index is -3.64. The summed E-state index contributed by atoms with van der Waals surface area (Å²) >= 11 is 0. The highest BCUT2D eigenvalue weighted by atomic mass is 32.2. The highest BCUT2D eigenvalue weighted by molar-refractivity contribution is 7.89. The van der Waals surface area contributed by atoms with Crippen LogP contribution in [-0.4, -0.2) is 61.8 Å². The second-order valence-corrected chi connectivity index (χ2v) is 9.86. The van der Waals surface area contributed by atoms with Gasteiger partial charge in [-0.15, -0.1) is 0 Å². The lowest BCUT2D eigenvalue weighted by molar-refractivity contribution is -0.133. The molecule has 1 aromatic carbocycles. The van der Waals surface area contributed by atoms with Crippen LogP contribution in [0.2, 0.25) is 0 Å². The Kier molecular flexibility index (Phi) is 5.22. The van der Waals surface area contributed by atoms with E-state index in [1.165, 1.54) is 29.3 Å². The third-order valence-corrected chi connectivity index (χ3v) is 7.99. The lowest BCUT2D eigenvalue weighted by Gasteiger charge is -2.35. The number of carbonyl (C=O) groups is 1. The fourth-order valence-electron chi connectivity index (χ4n) is 4.65. The predicted molar refractivity (Wildman–Crippen MR) is 99.0 cm³/mol. The minimum absolute atomic E-state index is 0.0915. The van der Waals surface area contributed by atoms with Crippen molar-refractivity contribution in [3.05, 3.63) is 30.1 Å². The van der Waals surface area contributed by atoms with Gasteiger partial charge >= 0.3 is 0 Å². The number of sulfonamides is 1. The number of fused-ring (bicyclic) bond motifs is 2. The molecular weight excluding hydrogens is 369 g/mol. The smallest absolute Gasteiger partial charge is 0.243 e. The molecule has 27 heavy (non-hydrogen) atoms. The Morgan fingerprint density at radius 2 is 1.63 bits per heavy atom. The van der Waals surface area contributed by atoms with E-state index in [9.17, 15) is 17.6 Å². The number of amides is 1. The van der Waals surface area contributed by atoms with Crippen LogP contribution in [-0.2, 0) is 14.8 Å². The van der Waals surface area contributed by atoms with Gasteiger partial charge in [-0.05, 0) is 55.9 Å². The average molecular weight is 396 g/mol. The van der Waals surface area contributed by atoms with Crippen LogP contribution in [0.25, 0.3) is 0 Å². The van der Waals surface area contributed by atoms with E-state index in [1.54, 1.807) is 4.90 Å². The number of nitrogens with one attached hydrogen (secondary N) is 1. The molecule has 0 aliphatic carbocycles. The van der Waals surface area contributed by atoms with Crippen LogP contribution in [0.1, 0.15) is 32.1 Å². The number of piperidine rings is 1. The van der Waals surface area contributed by atoms with E-state index in [2.05, 4.69) is 5.32 Å². The van der Waals surface area contributed by atoms with Crippen LogP contribution in [0.4, 0.5) is 4.39 Å². The Hall–Kier alpha value is -1.51. The first-order valence-corrected chi connectivity index (χ1v) is 11.2. The van der Waals surface area contributed by atoms with E-state index in [4.69, 9.17) is 0 Å². The Morgan fingerprint density at radius 1 is 1.04 bits per heavy atom. The van der Waals surface area contributed by atoms with E-state index in [0.29, 0.717) is 37.5 Å². The maximum absolute atomic E-state index is 13.0. The van der Waals surface area contributed by atoms with Gasteiger partial charge in [-0.1, -0.05) is 0 Å². The molecule has 1 amide bonds. The van der Waals surface area contributed by atoms with Gasteiger partial charge in [-0.3, -0.25) is 4.79 Å². The Balaban J connectivity index is 1.32. The SMILES string of the molecule is O=C(CC1CC2CCC(C1)N2)N1CCN(S(=O)(=O)c2ccc(F)cc2)CC1. The molecule has 8 heteroatoms. The standard InChI is InChI=1S/C19H26FN3O3S/c20-15-1-5-18(6-2-15)27(25,26)23-9-7-22(8-10-23)19(24)13-14-11-16-3-4-17(12-14)21-16/h1-2,5-6,14,16-17,21H,3-4,7-13H2. The average Bonchev–Trinajstić information content (AvgIpc) is 3.00. The molecule has 3 aliphatic heterocycles. The van der Waals surface area contributed by atoms with Gasteiger partial charge in [0.25, 0.3) is 0 Å². The van der Waals surface area contributed by atoms with Crippen molar-refractivity contribution in [3.8, 4) is 0 Å². The summed E-state index contributed by atoms with van der Waals surface area (Å²) in [5, 5.41) is 3.59. The second-order valence-electron chi connectivity index (χ2n) is 7.92. The third kappa shape index (κ3) is 4.02. The molecule has 3 heterocycles. The first-order valence-electron chi connectivity index (χ1n) is 9.71. The van der Waals surface area contributed by atoms with Crippen molar-refractivity contribution in [2.24, 2.45) is 5.92 Å². The van der Waals surface area contributed by atoms with Crippen molar-refractivity contribution in [2.45, 2.75) is 49.1 Å². The highest BCUT2D eigenvalue weighted by Crippen LogP contribution is 2.33. The maximum atomic E-state index is 13.0. The van der Waals surface area contributed by atoms with E-state index in [1.807, 2.05) is 0 Å². The summed E-state index contributed by atoms with van der Waals surface area (Å²) in [6, 6.07) is 6.01. The number of halogens is 1. The van der Waals surface area contributed by atoms with Crippen molar-refractivity contribution in [1.29, 1.82) is 0 Å². The molecular formula is C19H26FN3O3S. The van der Waals surface area contributed by atoms with Crippen LogP contribution in [0.3, 0.4) is 0 Å². The number of piperazine rings is 1. The molecule has 6 nitrogen and oxygen atoms in total. The Morgan fingerprint density at radius 3 is 2.22 bits per heavy atom. The number of nitrogens with zero attached hydrogens (tertiary/aromatic N) is 2. The summed E-state index contributed by atoms with van der Waals surface area (Å²) in [7, 11) is -3.64. The number of hydrogen-bond donors (Lipinski definition) is 1. The Labute approximate surface area is 159 Å². The molecule has 3 aliphatic rings. The van der Waals surface area contributed by atoms with Crippen molar-refractivity contribution in [3.63, 3.8) is 0 Å². The fourth-order valence-corrected chi connectivity index (χ4v) is 6.07. The van der Waals surface area contributed by atoms with Gasteiger partial charge in [0, 0.05) is 44.7 Å².